The highest BCUT2D eigenvalue weighted by Gasteiger charge is 2.16. The zero-order valence-electron chi connectivity index (χ0n) is 14.5. The summed E-state index contributed by atoms with van der Waals surface area (Å²) in [4.78, 5) is 26.0. The molecule has 0 fully saturated rings. The lowest BCUT2D eigenvalue weighted by molar-refractivity contribution is 0.0793. The Bertz CT molecular complexity index is 837. The summed E-state index contributed by atoms with van der Waals surface area (Å²) in [5.74, 6) is -0.784. The van der Waals surface area contributed by atoms with Gasteiger partial charge in [-0.1, -0.05) is 31.5 Å². The van der Waals surface area contributed by atoms with E-state index >= 15 is 0 Å². The first-order chi connectivity index (χ1) is 12.0. The number of nitrogens with zero attached hydrogens (tertiary/aromatic N) is 2. The summed E-state index contributed by atoms with van der Waals surface area (Å²) in [5, 5.41) is 9.31. The van der Waals surface area contributed by atoms with E-state index in [9.17, 15) is 14.9 Å². The van der Waals surface area contributed by atoms with E-state index in [1.165, 1.54) is 6.07 Å². The highest BCUT2D eigenvalue weighted by molar-refractivity contribution is 6.01. The van der Waals surface area contributed by atoms with Crippen molar-refractivity contribution < 1.29 is 9.59 Å². The number of amides is 2. The molecule has 2 amide bonds. The zero-order chi connectivity index (χ0) is 18.4. The van der Waals surface area contributed by atoms with Gasteiger partial charge in [0.1, 0.15) is 0 Å². The number of unbranched alkanes of at least 4 members (excludes halogenated alkanes) is 1. The summed E-state index contributed by atoms with van der Waals surface area (Å²) < 4.78 is 0. The van der Waals surface area contributed by atoms with E-state index in [4.69, 9.17) is 5.73 Å². The van der Waals surface area contributed by atoms with Gasteiger partial charge in [-0.25, -0.2) is 0 Å². The van der Waals surface area contributed by atoms with Crippen LogP contribution in [0.25, 0.3) is 11.1 Å². The molecule has 0 atom stereocenters. The molecule has 0 bridgehead atoms. The monoisotopic (exact) mass is 335 g/mol. The SMILES string of the molecule is CCCCN(C)C(=O)c1cc(C(N)=O)cc(-c2ccccc2C#N)c1. The van der Waals surface area contributed by atoms with E-state index in [0.29, 0.717) is 28.8 Å². The molecule has 0 aliphatic rings. The largest absolute Gasteiger partial charge is 0.366 e. The molecule has 5 heteroatoms. The van der Waals surface area contributed by atoms with Crippen LogP contribution in [0, 0.1) is 11.3 Å². The molecule has 2 aromatic carbocycles. The molecule has 0 saturated heterocycles. The molecular formula is C20H21N3O2. The minimum absolute atomic E-state index is 0.174. The van der Waals surface area contributed by atoms with E-state index < -0.39 is 5.91 Å². The molecule has 2 aromatic rings. The van der Waals surface area contributed by atoms with Crippen molar-refractivity contribution in [3.8, 4) is 17.2 Å². The summed E-state index contributed by atoms with van der Waals surface area (Å²) in [6.07, 6.45) is 1.89. The number of benzene rings is 2. The van der Waals surface area contributed by atoms with Crippen LogP contribution in [0.2, 0.25) is 0 Å². The molecule has 2 N–H and O–H groups in total. The number of hydrogen-bond donors (Lipinski definition) is 1. The normalized spacial score (nSPS) is 10.1. The van der Waals surface area contributed by atoms with Gasteiger partial charge in [0.2, 0.25) is 5.91 Å². The van der Waals surface area contributed by atoms with Crippen LogP contribution in [-0.4, -0.2) is 30.3 Å². The van der Waals surface area contributed by atoms with E-state index in [1.54, 1.807) is 42.3 Å². The van der Waals surface area contributed by atoms with Crippen LogP contribution in [0.4, 0.5) is 0 Å². The first-order valence-electron chi connectivity index (χ1n) is 8.17. The second-order valence-electron chi connectivity index (χ2n) is 5.90. The van der Waals surface area contributed by atoms with Crippen LogP contribution in [0.1, 0.15) is 46.0 Å². The zero-order valence-corrected chi connectivity index (χ0v) is 14.5. The van der Waals surface area contributed by atoms with Gasteiger partial charge in [-0.05, 0) is 41.8 Å². The Morgan fingerprint density at radius 1 is 1.16 bits per heavy atom. The third-order valence-corrected chi connectivity index (χ3v) is 4.02. The smallest absolute Gasteiger partial charge is 0.253 e. The van der Waals surface area contributed by atoms with Gasteiger partial charge in [-0.2, -0.15) is 5.26 Å². The first kappa shape index (κ1) is 18.2. The highest BCUT2D eigenvalue weighted by Crippen LogP contribution is 2.26. The molecule has 0 saturated carbocycles. The number of nitriles is 1. The van der Waals surface area contributed by atoms with Crippen LogP contribution in [-0.2, 0) is 0 Å². The van der Waals surface area contributed by atoms with Crippen molar-refractivity contribution in [1.29, 1.82) is 5.26 Å². The van der Waals surface area contributed by atoms with Crippen molar-refractivity contribution in [2.45, 2.75) is 19.8 Å². The molecule has 25 heavy (non-hydrogen) atoms. The lowest BCUT2D eigenvalue weighted by atomic mass is 9.96. The third-order valence-electron chi connectivity index (χ3n) is 4.02. The fraction of sp³-hybridized carbons (Fsp3) is 0.250. The Labute approximate surface area is 147 Å². The lowest BCUT2D eigenvalue weighted by Crippen LogP contribution is -2.28. The maximum absolute atomic E-state index is 12.7. The Kier molecular flexibility index (Phi) is 5.91. The lowest BCUT2D eigenvalue weighted by Gasteiger charge is -2.18. The van der Waals surface area contributed by atoms with Gasteiger partial charge in [-0.3, -0.25) is 9.59 Å². The number of nitrogens with two attached hydrogens (primary N) is 1. The minimum atomic E-state index is -0.610. The maximum Gasteiger partial charge on any atom is 0.253 e. The average molecular weight is 335 g/mol. The maximum atomic E-state index is 12.7. The average Bonchev–Trinajstić information content (AvgIpc) is 2.64. The fourth-order valence-corrected chi connectivity index (χ4v) is 2.60. The number of rotatable bonds is 6. The van der Waals surface area contributed by atoms with Crippen LogP contribution in [0.5, 0.6) is 0 Å². The Morgan fingerprint density at radius 2 is 1.84 bits per heavy atom. The van der Waals surface area contributed by atoms with Crippen LogP contribution >= 0.6 is 0 Å². The topological polar surface area (TPSA) is 87.2 Å². The molecule has 128 valence electrons. The van der Waals surface area contributed by atoms with Crippen LogP contribution in [0.15, 0.2) is 42.5 Å². The summed E-state index contributed by atoms with van der Waals surface area (Å²) in [5.41, 5.74) is 7.83. The Balaban J connectivity index is 2.52. The molecule has 0 unspecified atom stereocenters. The van der Waals surface area contributed by atoms with Crippen molar-refractivity contribution in [1.82, 2.24) is 4.90 Å². The highest BCUT2D eigenvalue weighted by atomic mass is 16.2. The van der Waals surface area contributed by atoms with Gasteiger partial charge in [0.05, 0.1) is 11.6 Å². The standard InChI is InChI=1S/C20H21N3O2/c1-3-4-9-23(2)20(25)17-11-15(10-16(12-17)19(22)24)18-8-6-5-7-14(18)13-21/h5-8,10-12H,3-4,9H2,1-2H3,(H2,22,24). The second kappa shape index (κ2) is 8.11. The molecule has 0 aliphatic heterocycles. The molecule has 5 nitrogen and oxygen atoms in total. The molecule has 0 spiro atoms. The number of primary amides is 1. The van der Waals surface area contributed by atoms with E-state index in [0.717, 1.165) is 12.8 Å². The number of carbonyl (C=O) groups excluding carboxylic acids is 2. The minimum Gasteiger partial charge on any atom is -0.366 e. The van der Waals surface area contributed by atoms with Gasteiger partial charge >= 0.3 is 0 Å². The van der Waals surface area contributed by atoms with E-state index in [1.807, 2.05) is 6.07 Å². The quantitative estimate of drug-likeness (QED) is 0.879. The van der Waals surface area contributed by atoms with Crippen molar-refractivity contribution in [3.63, 3.8) is 0 Å². The molecule has 0 aromatic heterocycles. The van der Waals surface area contributed by atoms with Crippen molar-refractivity contribution in [2.24, 2.45) is 5.73 Å². The predicted octanol–water partition coefficient (Wildman–Crippen LogP) is 3.20. The van der Waals surface area contributed by atoms with Crippen molar-refractivity contribution >= 4 is 11.8 Å². The van der Waals surface area contributed by atoms with Crippen molar-refractivity contribution in [3.05, 3.63) is 59.2 Å². The van der Waals surface area contributed by atoms with Crippen LogP contribution < -0.4 is 5.73 Å². The Morgan fingerprint density at radius 3 is 2.48 bits per heavy atom. The number of carbonyl (C=O) groups is 2. The summed E-state index contributed by atoms with van der Waals surface area (Å²) in [6.45, 7) is 2.70. The summed E-state index contributed by atoms with van der Waals surface area (Å²) in [7, 11) is 1.73. The van der Waals surface area contributed by atoms with E-state index in [-0.39, 0.29) is 11.5 Å². The predicted molar refractivity (Wildman–Crippen MR) is 97.0 cm³/mol. The molecule has 2 rings (SSSR count). The van der Waals surface area contributed by atoms with Crippen molar-refractivity contribution in [2.75, 3.05) is 13.6 Å². The molecular weight excluding hydrogens is 314 g/mol. The second-order valence-corrected chi connectivity index (χ2v) is 5.90. The summed E-state index contributed by atoms with van der Waals surface area (Å²) >= 11 is 0. The van der Waals surface area contributed by atoms with Gasteiger partial charge < -0.3 is 10.6 Å². The van der Waals surface area contributed by atoms with Gasteiger partial charge in [0.15, 0.2) is 0 Å². The fourth-order valence-electron chi connectivity index (χ4n) is 2.60. The first-order valence-corrected chi connectivity index (χ1v) is 8.17. The third kappa shape index (κ3) is 4.24. The van der Waals surface area contributed by atoms with Gasteiger partial charge in [0.25, 0.3) is 5.91 Å². The summed E-state index contributed by atoms with van der Waals surface area (Å²) in [6, 6.07) is 14.0. The van der Waals surface area contributed by atoms with E-state index in [2.05, 4.69) is 13.0 Å². The molecule has 0 aliphatic carbocycles. The van der Waals surface area contributed by atoms with Gasteiger partial charge in [0, 0.05) is 24.7 Å². The number of hydrogen-bond acceptors (Lipinski definition) is 3. The van der Waals surface area contributed by atoms with Crippen LogP contribution in [0.3, 0.4) is 0 Å². The Hall–Kier alpha value is -3.13. The molecule has 0 heterocycles. The molecule has 0 radical (unpaired) electrons. The van der Waals surface area contributed by atoms with Gasteiger partial charge in [-0.15, -0.1) is 0 Å².